The van der Waals surface area contributed by atoms with Crippen molar-refractivity contribution in [3.8, 4) is 5.75 Å². The quantitative estimate of drug-likeness (QED) is 0.811. The SMILES string of the molecule is COCC(C)CC(O)c1cncc(OC(C)C)c1. The van der Waals surface area contributed by atoms with Gasteiger partial charge < -0.3 is 14.6 Å². The van der Waals surface area contributed by atoms with Gasteiger partial charge in [0.1, 0.15) is 5.75 Å². The summed E-state index contributed by atoms with van der Waals surface area (Å²) >= 11 is 0. The number of aliphatic hydroxyl groups excluding tert-OH is 1. The molecule has 2 atom stereocenters. The smallest absolute Gasteiger partial charge is 0.138 e. The molecule has 0 aromatic carbocycles. The average molecular weight is 253 g/mol. The first-order valence-electron chi connectivity index (χ1n) is 6.31. The lowest BCUT2D eigenvalue weighted by Crippen LogP contribution is -2.10. The van der Waals surface area contributed by atoms with Gasteiger partial charge in [-0.05, 0) is 32.3 Å². The van der Waals surface area contributed by atoms with Crippen LogP contribution in [0, 0.1) is 5.92 Å². The van der Waals surface area contributed by atoms with Crippen LogP contribution in [0.25, 0.3) is 0 Å². The Labute approximate surface area is 109 Å². The molecule has 0 aliphatic heterocycles. The van der Waals surface area contributed by atoms with Crippen LogP contribution in [0.15, 0.2) is 18.5 Å². The summed E-state index contributed by atoms with van der Waals surface area (Å²) in [7, 11) is 1.67. The lowest BCUT2D eigenvalue weighted by molar-refractivity contribution is 0.101. The monoisotopic (exact) mass is 253 g/mol. The van der Waals surface area contributed by atoms with Crippen LogP contribution in [-0.2, 0) is 4.74 Å². The summed E-state index contributed by atoms with van der Waals surface area (Å²) in [6, 6.07) is 1.84. The standard InChI is InChI=1S/C14H23NO3/c1-10(2)18-13-6-12(7-15-8-13)14(16)5-11(3)9-17-4/h6-8,10-11,14,16H,5,9H2,1-4H3. The largest absolute Gasteiger partial charge is 0.489 e. The topological polar surface area (TPSA) is 51.6 Å². The van der Waals surface area contributed by atoms with E-state index in [1.807, 2.05) is 19.9 Å². The van der Waals surface area contributed by atoms with E-state index in [4.69, 9.17) is 9.47 Å². The van der Waals surface area contributed by atoms with Crippen molar-refractivity contribution in [1.29, 1.82) is 0 Å². The Morgan fingerprint density at radius 3 is 2.61 bits per heavy atom. The summed E-state index contributed by atoms with van der Waals surface area (Å²) in [5.74, 6) is 1.00. The van der Waals surface area contributed by atoms with E-state index in [-0.39, 0.29) is 6.10 Å². The molecule has 2 unspecified atom stereocenters. The van der Waals surface area contributed by atoms with E-state index in [1.54, 1.807) is 19.5 Å². The second kappa shape index (κ2) is 7.34. The van der Waals surface area contributed by atoms with Crippen LogP contribution < -0.4 is 4.74 Å². The van der Waals surface area contributed by atoms with Crippen LogP contribution in [0.5, 0.6) is 5.75 Å². The Kier molecular flexibility index (Phi) is 6.09. The molecule has 1 aromatic rings. The highest BCUT2D eigenvalue weighted by Gasteiger charge is 2.13. The zero-order chi connectivity index (χ0) is 13.5. The van der Waals surface area contributed by atoms with Gasteiger partial charge in [0.2, 0.25) is 0 Å². The van der Waals surface area contributed by atoms with Crippen molar-refractivity contribution >= 4 is 0 Å². The fraction of sp³-hybridized carbons (Fsp3) is 0.643. The van der Waals surface area contributed by atoms with Gasteiger partial charge in [-0.25, -0.2) is 0 Å². The zero-order valence-electron chi connectivity index (χ0n) is 11.6. The predicted octanol–water partition coefficient (Wildman–Crippen LogP) is 2.57. The molecule has 0 saturated heterocycles. The van der Waals surface area contributed by atoms with Gasteiger partial charge >= 0.3 is 0 Å². The molecule has 1 aromatic heterocycles. The lowest BCUT2D eigenvalue weighted by Gasteiger charge is -2.17. The maximum atomic E-state index is 10.1. The fourth-order valence-electron chi connectivity index (χ4n) is 1.82. The molecule has 0 saturated carbocycles. The van der Waals surface area contributed by atoms with Crippen molar-refractivity contribution in [1.82, 2.24) is 4.98 Å². The summed E-state index contributed by atoms with van der Waals surface area (Å²) in [5, 5.41) is 10.1. The van der Waals surface area contributed by atoms with Crippen molar-refractivity contribution in [2.24, 2.45) is 5.92 Å². The minimum absolute atomic E-state index is 0.103. The summed E-state index contributed by atoms with van der Waals surface area (Å²) in [5.41, 5.74) is 0.788. The number of aliphatic hydroxyl groups is 1. The Morgan fingerprint density at radius 1 is 1.28 bits per heavy atom. The van der Waals surface area contributed by atoms with E-state index in [0.717, 1.165) is 5.56 Å². The molecular weight excluding hydrogens is 230 g/mol. The molecule has 4 nitrogen and oxygen atoms in total. The summed E-state index contributed by atoms with van der Waals surface area (Å²) in [6.45, 7) is 6.62. The normalized spacial score (nSPS) is 14.6. The Balaban J connectivity index is 2.64. The molecule has 0 radical (unpaired) electrons. The number of hydrogen-bond donors (Lipinski definition) is 1. The van der Waals surface area contributed by atoms with Crippen LogP contribution in [0.2, 0.25) is 0 Å². The first-order chi connectivity index (χ1) is 8.52. The van der Waals surface area contributed by atoms with E-state index in [0.29, 0.717) is 24.7 Å². The van der Waals surface area contributed by atoms with Gasteiger partial charge in [-0.3, -0.25) is 4.98 Å². The highest BCUT2D eigenvalue weighted by atomic mass is 16.5. The zero-order valence-corrected chi connectivity index (χ0v) is 11.6. The van der Waals surface area contributed by atoms with Gasteiger partial charge in [0.25, 0.3) is 0 Å². The van der Waals surface area contributed by atoms with Crippen molar-refractivity contribution < 1.29 is 14.6 Å². The van der Waals surface area contributed by atoms with E-state index in [1.165, 1.54) is 0 Å². The number of rotatable bonds is 7. The van der Waals surface area contributed by atoms with Gasteiger partial charge in [-0.2, -0.15) is 0 Å². The number of nitrogens with zero attached hydrogens (tertiary/aromatic N) is 1. The van der Waals surface area contributed by atoms with Crippen LogP contribution >= 0.6 is 0 Å². The molecule has 0 spiro atoms. The highest BCUT2D eigenvalue weighted by Crippen LogP contribution is 2.24. The van der Waals surface area contributed by atoms with E-state index in [9.17, 15) is 5.11 Å². The van der Waals surface area contributed by atoms with E-state index >= 15 is 0 Å². The summed E-state index contributed by atoms with van der Waals surface area (Å²) < 4.78 is 10.6. The molecule has 0 aliphatic rings. The Hall–Kier alpha value is -1.13. The van der Waals surface area contributed by atoms with Gasteiger partial charge in [0, 0.05) is 25.5 Å². The molecule has 0 amide bonds. The van der Waals surface area contributed by atoms with Crippen LogP contribution in [0.3, 0.4) is 0 Å². The molecule has 1 N–H and O–H groups in total. The van der Waals surface area contributed by atoms with E-state index in [2.05, 4.69) is 11.9 Å². The van der Waals surface area contributed by atoms with Crippen molar-refractivity contribution in [3.63, 3.8) is 0 Å². The van der Waals surface area contributed by atoms with Gasteiger partial charge in [-0.15, -0.1) is 0 Å². The number of methoxy groups -OCH3 is 1. The maximum absolute atomic E-state index is 10.1. The third kappa shape index (κ3) is 5.02. The third-order valence-electron chi connectivity index (χ3n) is 2.57. The highest BCUT2D eigenvalue weighted by molar-refractivity contribution is 5.25. The molecule has 1 rings (SSSR count). The second-order valence-electron chi connectivity index (χ2n) is 4.93. The molecule has 0 bridgehead atoms. The lowest BCUT2D eigenvalue weighted by atomic mass is 10.00. The fourth-order valence-corrected chi connectivity index (χ4v) is 1.82. The molecule has 0 fully saturated rings. The average Bonchev–Trinajstić information content (AvgIpc) is 2.28. The molecule has 1 heterocycles. The number of pyridine rings is 1. The first kappa shape index (κ1) is 14.9. The van der Waals surface area contributed by atoms with Crippen molar-refractivity contribution in [2.75, 3.05) is 13.7 Å². The van der Waals surface area contributed by atoms with Gasteiger partial charge in [0.15, 0.2) is 0 Å². The second-order valence-corrected chi connectivity index (χ2v) is 4.93. The van der Waals surface area contributed by atoms with E-state index < -0.39 is 6.10 Å². The summed E-state index contributed by atoms with van der Waals surface area (Å²) in [4.78, 5) is 4.10. The first-order valence-corrected chi connectivity index (χ1v) is 6.31. The molecule has 4 heteroatoms. The Morgan fingerprint density at radius 2 is 2.00 bits per heavy atom. The van der Waals surface area contributed by atoms with Crippen LogP contribution in [0.1, 0.15) is 38.9 Å². The summed E-state index contributed by atoms with van der Waals surface area (Å²) in [6.07, 6.45) is 3.57. The molecule has 0 aliphatic carbocycles. The number of aromatic nitrogens is 1. The maximum Gasteiger partial charge on any atom is 0.138 e. The minimum atomic E-state index is -0.529. The molecule has 102 valence electrons. The number of hydrogen-bond acceptors (Lipinski definition) is 4. The van der Waals surface area contributed by atoms with Crippen molar-refractivity contribution in [2.45, 2.75) is 39.4 Å². The predicted molar refractivity (Wildman–Crippen MR) is 70.6 cm³/mol. The van der Waals surface area contributed by atoms with Crippen LogP contribution in [0.4, 0.5) is 0 Å². The van der Waals surface area contributed by atoms with Gasteiger partial charge in [0.05, 0.1) is 18.4 Å². The third-order valence-corrected chi connectivity index (χ3v) is 2.57. The van der Waals surface area contributed by atoms with Gasteiger partial charge in [-0.1, -0.05) is 6.92 Å². The minimum Gasteiger partial charge on any atom is -0.489 e. The number of ether oxygens (including phenoxy) is 2. The van der Waals surface area contributed by atoms with Crippen LogP contribution in [-0.4, -0.2) is 29.9 Å². The van der Waals surface area contributed by atoms with Crippen molar-refractivity contribution in [3.05, 3.63) is 24.0 Å². The molecule has 18 heavy (non-hydrogen) atoms. The Bertz CT molecular complexity index is 355. The molecular formula is C14H23NO3.